The summed E-state index contributed by atoms with van der Waals surface area (Å²) in [5.41, 5.74) is 0. The lowest BCUT2D eigenvalue weighted by Gasteiger charge is -2.27. The van der Waals surface area contributed by atoms with Gasteiger partial charge in [0.1, 0.15) is 0 Å². The summed E-state index contributed by atoms with van der Waals surface area (Å²) < 4.78 is 0. The standard InChI is InChI=1S/C11H20N2O/c1-9-5-7-13(8-9)11(14)10-4-2-3-6-12-10/h9-10,12H,2-8H2,1H3/t9?,10-/m0/s1. The fourth-order valence-electron chi connectivity index (χ4n) is 2.42. The van der Waals surface area contributed by atoms with Gasteiger partial charge < -0.3 is 10.2 Å². The first-order chi connectivity index (χ1) is 6.77. The number of rotatable bonds is 1. The predicted octanol–water partition coefficient (Wildman–Crippen LogP) is 0.997. The summed E-state index contributed by atoms with van der Waals surface area (Å²) in [5, 5.41) is 3.32. The summed E-state index contributed by atoms with van der Waals surface area (Å²) in [5.74, 6) is 1.04. The van der Waals surface area contributed by atoms with Crippen LogP contribution >= 0.6 is 0 Å². The van der Waals surface area contributed by atoms with E-state index < -0.39 is 0 Å². The minimum Gasteiger partial charge on any atom is -0.341 e. The van der Waals surface area contributed by atoms with Gasteiger partial charge in [-0.2, -0.15) is 0 Å². The van der Waals surface area contributed by atoms with Gasteiger partial charge in [0.2, 0.25) is 5.91 Å². The normalized spacial score (nSPS) is 33.4. The molecule has 3 nitrogen and oxygen atoms in total. The quantitative estimate of drug-likeness (QED) is 0.678. The Kier molecular flexibility index (Phi) is 3.06. The first-order valence-electron chi connectivity index (χ1n) is 5.79. The van der Waals surface area contributed by atoms with Crippen molar-refractivity contribution in [2.45, 2.75) is 38.6 Å². The molecule has 0 aromatic heterocycles. The molecule has 0 spiro atoms. The number of hydrogen-bond donors (Lipinski definition) is 1. The molecule has 80 valence electrons. The van der Waals surface area contributed by atoms with Gasteiger partial charge in [-0.05, 0) is 31.7 Å². The number of amides is 1. The number of carbonyl (C=O) groups excluding carboxylic acids is 1. The van der Waals surface area contributed by atoms with Gasteiger partial charge >= 0.3 is 0 Å². The molecule has 2 heterocycles. The Morgan fingerprint density at radius 2 is 2.21 bits per heavy atom. The molecule has 14 heavy (non-hydrogen) atoms. The third-order valence-electron chi connectivity index (χ3n) is 3.34. The van der Waals surface area contributed by atoms with E-state index in [9.17, 15) is 4.79 Å². The lowest BCUT2D eigenvalue weighted by Crippen LogP contribution is -2.47. The molecule has 0 aromatic carbocycles. The molecule has 1 N–H and O–H groups in total. The first-order valence-corrected chi connectivity index (χ1v) is 5.79. The van der Waals surface area contributed by atoms with Crippen LogP contribution in [-0.4, -0.2) is 36.5 Å². The van der Waals surface area contributed by atoms with Crippen LogP contribution in [0.25, 0.3) is 0 Å². The maximum atomic E-state index is 12.0. The SMILES string of the molecule is CC1CCN(C(=O)[C@@H]2CCCCN2)C1. The van der Waals surface area contributed by atoms with Crippen LogP contribution in [0.1, 0.15) is 32.6 Å². The molecule has 0 radical (unpaired) electrons. The van der Waals surface area contributed by atoms with Crippen LogP contribution in [0.5, 0.6) is 0 Å². The van der Waals surface area contributed by atoms with Crippen molar-refractivity contribution in [3.05, 3.63) is 0 Å². The summed E-state index contributed by atoms with van der Waals surface area (Å²) >= 11 is 0. The highest BCUT2D eigenvalue weighted by molar-refractivity contribution is 5.82. The van der Waals surface area contributed by atoms with Crippen LogP contribution in [0.15, 0.2) is 0 Å². The zero-order chi connectivity index (χ0) is 9.97. The first kappa shape index (κ1) is 9.97. The van der Waals surface area contributed by atoms with Gasteiger partial charge in [-0.15, -0.1) is 0 Å². The second kappa shape index (κ2) is 4.30. The highest BCUT2D eigenvalue weighted by Gasteiger charge is 2.29. The van der Waals surface area contributed by atoms with Gasteiger partial charge in [0.15, 0.2) is 0 Å². The minimum atomic E-state index is 0.119. The second-order valence-electron chi connectivity index (χ2n) is 4.68. The molecule has 2 saturated heterocycles. The molecule has 2 aliphatic rings. The smallest absolute Gasteiger partial charge is 0.239 e. The van der Waals surface area contributed by atoms with Crippen LogP contribution in [0.3, 0.4) is 0 Å². The molecular formula is C11H20N2O. The Bertz CT molecular complexity index is 205. The molecule has 2 fully saturated rings. The van der Waals surface area contributed by atoms with Gasteiger partial charge in [-0.25, -0.2) is 0 Å². The van der Waals surface area contributed by atoms with E-state index in [4.69, 9.17) is 0 Å². The Morgan fingerprint density at radius 1 is 1.36 bits per heavy atom. The van der Waals surface area contributed by atoms with E-state index in [0.29, 0.717) is 11.8 Å². The van der Waals surface area contributed by atoms with E-state index in [2.05, 4.69) is 12.2 Å². The second-order valence-corrected chi connectivity index (χ2v) is 4.68. The summed E-state index contributed by atoms with van der Waals surface area (Å²) in [6.07, 6.45) is 4.63. The van der Waals surface area contributed by atoms with Crippen LogP contribution in [0.2, 0.25) is 0 Å². The molecule has 1 amide bonds. The lowest BCUT2D eigenvalue weighted by atomic mass is 10.0. The van der Waals surface area contributed by atoms with Crippen molar-refractivity contribution in [1.82, 2.24) is 10.2 Å². The Hall–Kier alpha value is -0.570. The zero-order valence-electron chi connectivity index (χ0n) is 8.96. The average molecular weight is 196 g/mol. The molecule has 2 atom stereocenters. The number of nitrogens with one attached hydrogen (secondary N) is 1. The van der Waals surface area contributed by atoms with Gasteiger partial charge in [0, 0.05) is 13.1 Å². The van der Waals surface area contributed by atoms with Gasteiger partial charge in [-0.1, -0.05) is 13.3 Å². The van der Waals surface area contributed by atoms with E-state index in [0.717, 1.165) is 26.1 Å². The van der Waals surface area contributed by atoms with Crippen molar-refractivity contribution < 1.29 is 4.79 Å². The summed E-state index contributed by atoms with van der Waals surface area (Å²) in [4.78, 5) is 14.0. The van der Waals surface area contributed by atoms with Gasteiger partial charge in [-0.3, -0.25) is 4.79 Å². The third-order valence-corrected chi connectivity index (χ3v) is 3.34. The van der Waals surface area contributed by atoms with E-state index in [1.54, 1.807) is 0 Å². The summed E-state index contributed by atoms with van der Waals surface area (Å²) in [7, 11) is 0. The maximum absolute atomic E-state index is 12.0. The number of carbonyl (C=O) groups is 1. The van der Waals surface area contributed by atoms with Crippen molar-refractivity contribution in [2.24, 2.45) is 5.92 Å². The predicted molar refractivity (Wildman–Crippen MR) is 56.0 cm³/mol. The largest absolute Gasteiger partial charge is 0.341 e. The molecule has 2 rings (SSSR count). The Balaban J connectivity index is 1.87. The fraction of sp³-hybridized carbons (Fsp3) is 0.909. The molecule has 0 saturated carbocycles. The topological polar surface area (TPSA) is 32.3 Å². The molecule has 0 aromatic rings. The van der Waals surface area contributed by atoms with Gasteiger partial charge in [0.25, 0.3) is 0 Å². The van der Waals surface area contributed by atoms with E-state index in [1.165, 1.54) is 19.3 Å². The average Bonchev–Trinajstić information content (AvgIpc) is 2.65. The van der Waals surface area contributed by atoms with Crippen molar-refractivity contribution in [3.8, 4) is 0 Å². The molecular weight excluding hydrogens is 176 g/mol. The highest BCUT2D eigenvalue weighted by Crippen LogP contribution is 2.18. The molecule has 0 bridgehead atoms. The summed E-state index contributed by atoms with van der Waals surface area (Å²) in [6, 6.07) is 0.119. The number of likely N-dealkylation sites (tertiary alicyclic amines) is 1. The monoisotopic (exact) mass is 196 g/mol. The van der Waals surface area contributed by atoms with Crippen molar-refractivity contribution >= 4 is 5.91 Å². The Morgan fingerprint density at radius 3 is 2.79 bits per heavy atom. The van der Waals surface area contributed by atoms with Crippen LogP contribution in [-0.2, 0) is 4.79 Å². The van der Waals surface area contributed by atoms with Crippen molar-refractivity contribution in [3.63, 3.8) is 0 Å². The number of hydrogen-bond acceptors (Lipinski definition) is 2. The summed E-state index contributed by atoms with van der Waals surface area (Å²) in [6.45, 7) is 5.18. The van der Waals surface area contributed by atoms with Crippen LogP contribution < -0.4 is 5.32 Å². The molecule has 3 heteroatoms. The molecule has 0 aliphatic carbocycles. The Labute approximate surface area is 85.8 Å². The minimum absolute atomic E-state index is 0.119. The lowest BCUT2D eigenvalue weighted by molar-refractivity contribution is -0.133. The van der Waals surface area contributed by atoms with Crippen LogP contribution in [0.4, 0.5) is 0 Å². The van der Waals surface area contributed by atoms with E-state index in [1.807, 2.05) is 4.90 Å². The van der Waals surface area contributed by atoms with E-state index >= 15 is 0 Å². The van der Waals surface area contributed by atoms with Crippen LogP contribution in [0, 0.1) is 5.92 Å². The maximum Gasteiger partial charge on any atom is 0.239 e. The number of piperidine rings is 1. The fourth-order valence-corrected chi connectivity index (χ4v) is 2.42. The van der Waals surface area contributed by atoms with Crippen molar-refractivity contribution in [2.75, 3.05) is 19.6 Å². The highest BCUT2D eigenvalue weighted by atomic mass is 16.2. The van der Waals surface area contributed by atoms with Gasteiger partial charge in [0.05, 0.1) is 6.04 Å². The van der Waals surface area contributed by atoms with Crippen molar-refractivity contribution in [1.29, 1.82) is 0 Å². The zero-order valence-corrected chi connectivity index (χ0v) is 8.96. The molecule has 2 aliphatic heterocycles. The number of nitrogens with zero attached hydrogens (tertiary/aromatic N) is 1. The van der Waals surface area contributed by atoms with E-state index in [-0.39, 0.29) is 6.04 Å². The third kappa shape index (κ3) is 2.08. The molecule has 1 unspecified atom stereocenters.